The molecule has 1 aliphatic heterocycles. The number of nitrogens with one attached hydrogen (secondary N) is 1. The maximum atomic E-state index is 13.2. The summed E-state index contributed by atoms with van der Waals surface area (Å²) in [4.78, 5) is 40.4. The molecule has 0 spiro atoms. The minimum absolute atomic E-state index is 0.0716. The largest absolute Gasteiger partial charge is 0.307 e. The number of nitro benzene ring substituents is 1. The summed E-state index contributed by atoms with van der Waals surface area (Å²) in [6, 6.07) is 11.5. The average molecular weight is 375 g/mol. The summed E-state index contributed by atoms with van der Waals surface area (Å²) >= 11 is 0. The van der Waals surface area contributed by atoms with E-state index in [-0.39, 0.29) is 22.7 Å². The number of rotatable bonds is 2. The number of hydrogen-bond donors (Lipinski definition) is 1. The predicted octanol–water partition coefficient (Wildman–Crippen LogP) is 2.29. The fraction of sp³-hybridized carbons (Fsp3) is 0.105. The van der Waals surface area contributed by atoms with Gasteiger partial charge in [0.1, 0.15) is 11.2 Å². The SMILES string of the molecule is O=C(c1cnn2c1[nH]c(=O)c1ccccc12)N1CCc2ccc([N+](=O)[O-])cc21. The van der Waals surface area contributed by atoms with E-state index in [1.54, 1.807) is 30.3 Å². The summed E-state index contributed by atoms with van der Waals surface area (Å²) in [6.07, 6.45) is 2.02. The van der Waals surface area contributed by atoms with Crippen LogP contribution >= 0.6 is 0 Å². The summed E-state index contributed by atoms with van der Waals surface area (Å²) in [7, 11) is 0. The van der Waals surface area contributed by atoms with E-state index in [0.717, 1.165) is 5.56 Å². The molecule has 4 aromatic rings. The summed E-state index contributed by atoms with van der Waals surface area (Å²) in [5, 5.41) is 15.8. The van der Waals surface area contributed by atoms with Crippen molar-refractivity contribution in [2.24, 2.45) is 0 Å². The van der Waals surface area contributed by atoms with Gasteiger partial charge in [-0.05, 0) is 24.1 Å². The Bertz CT molecular complexity index is 1350. The zero-order valence-electron chi connectivity index (χ0n) is 14.5. The van der Waals surface area contributed by atoms with Gasteiger partial charge in [0.2, 0.25) is 0 Å². The number of nitro groups is 1. The Balaban J connectivity index is 1.65. The number of non-ortho nitro benzene ring substituents is 1. The lowest BCUT2D eigenvalue weighted by atomic mass is 10.1. The number of nitrogens with zero attached hydrogens (tertiary/aromatic N) is 4. The maximum absolute atomic E-state index is 13.2. The van der Waals surface area contributed by atoms with Gasteiger partial charge >= 0.3 is 0 Å². The molecule has 9 nitrogen and oxygen atoms in total. The molecule has 0 radical (unpaired) electrons. The second-order valence-corrected chi connectivity index (χ2v) is 6.57. The fourth-order valence-electron chi connectivity index (χ4n) is 3.67. The first-order valence-corrected chi connectivity index (χ1v) is 8.62. The highest BCUT2D eigenvalue weighted by atomic mass is 16.6. The number of H-pyrrole nitrogens is 1. The lowest BCUT2D eigenvalue weighted by Gasteiger charge is -2.16. The van der Waals surface area contributed by atoms with Gasteiger partial charge in [-0.3, -0.25) is 19.7 Å². The number of anilines is 1. The van der Waals surface area contributed by atoms with E-state index < -0.39 is 4.92 Å². The molecule has 0 bridgehead atoms. The lowest BCUT2D eigenvalue weighted by Crippen LogP contribution is -2.29. The van der Waals surface area contributed by atoms with Gasteiger partial charge in [-0.15, -0.1) is 0 Å². The van der Waals surface area contributed by atoms with E-state index >= 15 is 0 Å². The number of carbonyl (C=O) groups excluding carboxylic acids is 1. The van der Waals surface area contributed by atoms with Crippen molar-refractivity contribution in [3.8, 4) is 0 Å². The number of carbonyl (C=O) groups is 1. The Kier molecular flexibility index (Phi) is 3.32. The van der Waals surface area contributed by atoms with Crippen molar-refractivity contribution in [3.63, 3.8) is 0 Å². The van der Waals surface area contributed by atoms with Crippen LogP contribution in [-0.2, 0) is 6.42 Å². The topological polar surface area (TPSA) is 114 Å². The number of hydrogen-bond acceptors (Lipinski definition) is 5. The zero-order valence-corrected chi connectivity index (χ0v) is 14.5. The first kappa shape index (κ1) is 16.2. The van der Waals surface area contributed by atoms with Crippen molar-refractivity contribution in [2.75, 3.05) is 11.4 Å². The van der Waals surface area contributed by atoms with Crippen LogP contribution in [0.2, 0.25) is 0 Å². The Morgan fingerprint density at radius 3 is 2.86 bits per heavy atom. The van der Waals surface area contributed by atoms with Crippen molar-refractivity contribution in [1.82, 2.24) is 14.6 Å². The van der Waals surface area contributed by atoms with E-state index in [0.29, 0.717) is 35.2 Å². The van der Waals surface area contributed by atoms with Gasteiger partial charge in [-0.2, -0.15) is 5.10 Å². The van der Waals surface area contributed by atoms with Gasteiger partial charge < -0.3 is 9.88 Å². The minimum atomic E-state index is -0.486. The van der Waals surface area contributed by atoms with Crippen LogP contribution in [0.1, 0.15) is 15.9 Å². The second-order valence-electron chi connectivity index (χ2n) is 6.57. The molecule has 138 valence electrons. The van der Waals surface area contributed by atoms with E-state index in [2.05, 4.69) is 10.1 Å². The van der Waals surface area contributed by atoms with Crippen LogP contribution in [-0.4, -0.2) is 32.0 Å². The third-order valence-corrected chi connectivity index (χ3v) is 5.03. The van der Waals surface area contributed by atoms with Crippen molar-refractivity contribution >= 4 is 33.8 Å². The number of amides is 1. The van der Waals surface area contributed by atoms with Crippen molar-refractivity contribution in [2.45, 2.75) is 6.42 Å². The fourth-order valence-corrected chi connectivity index (χ4v) is 3.67. The molecule has 1 N–H and O–H groups in total. The molecule has 0 atom stereocenters. The van der Waals surface area contributed by atoms with Gasteiger partial charge in [0.25, 0.3) is 17.2 Å². The molecular formula is C19H13N5O4. The average Bonchev–Trinajstić information content (AvgIpc) is 3.31. The molecule has 0 fully saturated rings. The number of benzene rings is 2. The standard InChI is InChI=1S/C19H13N5O4/c25-18-13-3-1-2-4-15(13)23-17(21-18)14(10-20-23)19(26)22-8-7-11-5-6-12(24(27)28)9-16(11)22/h1-6,9-10H,7-8H2,(H,21,25). The van der Waals surface area contributed by atoms with Gasteiger partial charge in [0, 0.05) is 18.7 Å². The predicted molar refractivity (Wildman–Crippen MR) is 102 cm³/mol. The molecule has 0 aliphatic carbocycles. The Labute approximate surface area is 157 Å². The number of para-hydroxylation sites is 1. The first-order chi connectivity index (χ1) is 13.5. The number of fused-ring (bicyclic) bond motifs is 4. The third kappa shape index (κ3) is 2.22. The summed E-state index contributed by atoms with van der Waals surface area (Å²) in [6.45, 7) is 0.407. The van der Waals surface area contributed by atoms with E-state index in [9.17, 15) is 19.7 Å². The molecule has 9 heteroatoms. The molecular weight excluding hydrogens is 362 g/mol. The van der Waals surface area contributed by atoms with Gasteiger partial charge in [0.05, 0.1) is 27.7 Å². The Morgan fingerprint density at radius 1 is 1.21 bits per heavy atom. The van der Waals surface area contributed by atoms with Gasteiger partial charge in [-0.1, -0.05) is 18.2 Å². The molecule has 0 unspecified atom stereocenters. The first-order valence-electron chi connectivity index (χ1n) is 8.62. The van der Waals surface area contributed by atoms with Crippen molar-refractivity contribution < 1.29 is 9.72 Å². The Hall–Kier alpha value is -4.01. The van der Waals surface area contributed by atoms with Crippen LogP contribution in [0.4, 0.5) is 11.4 Å². The number of aromatic nitrogens is 3. The molecule has 1 aliphatic rings. The van der Waals surface area contributed by atoms with Crippen molar-refractivity contribution in [1.29, 1.82) is 0 Å². The lowest BCUT2D eigenvalue weighted by molar-refractivity contribution is -0.384. The van der Waals surface area contributed by atoms with Crippen molar-refractivity contribution in [3.05, 3.63) is 80.3 Å². The molecule has 28 heavy (non-hydrogen) atoms. The third-order valence-electron chi connectivity index (χ3n) is 5.03. The summed E-state index contributed by atoms with van der Waals surface area (Å²) in [5.74, 6) is -0.361. The quantitative estimate of drug-likeness (QED) is 0.426. The smallest absolute Gasteiger partial charge is 0.271 e. The van der Waals surface area contributed by atoms with Crippen LogP contribution in [0.25, 0.3) is 16.6 Å². The summed E-state index contributed by atoms with van der Waals surface area (Å²) in [5.41, 5.74) is 2.14. The van der Waals surface area contributed by atoms with Crippen LogP contribution in [0.5, 0.6) is 0 Å². The number of aromatic amines is 1. The monoisotopic (exact) mass is 375 g/mol. The minimum Gasteiger partial charge on any atom is -0.307 e. The normalized spacial score (nSPS) is 13.2. The molecule has 1 amide bonds. The van der Waals surface area contributed by atoms with Gasteiger partial charge in [0.15, 0.2) is 0 Å². The van der Waals surface area contributed by atoms with Crippen LogP contribution in [0.3, 0.4) is 0 Å². The molecule has 0 saturated heterocycles. The van der Waals surface area contributed by atoms with Crippen LogP contribution < -0.4 is 10.5 Å². The second kappa shape index (κ2) is 5.74. The van der Waals surface area contributed by atoms with Crippen LogP contribution in [0.15, 0.2) is 53.5 Å². The maximum Gasteiger partial charge on any atom is 0.271 e. The van der Waals surface area contributed by atoms with Gasteiger partial charge in [-0.25, -0.2) is 4.52 Å². The molecule has 2 aromatic heterocycles. The van der Waals surface area contributed by atoms with Crippen LogP contribution in [0, 0.1) is 10.1 Å². The molecule has 0 saturated carbocycles. The summed E-state index contributed by atoms with van der Waals surface area (Å²) < 4.78 is 1.52. The van der Waals surface area contributed by atoms with E-state index in [4.69, 9.17) is 0 Å². The molecule has 5 rings (SSSR count). The Morgan fingerprint density at radius 2 is 2.04 bits per heavy atom. The highest BCUT2D eigenvalue weighted by Crippen LogP contribution is 2.33. The zero-order chi connectivity index (χ0) is 19.4. The molecule has 3 heterocycles. The highest BCUT2D eigenvalue weighted by molar-refractivity contribution is 6.11. The van der Waals surface area contributed by atoms with E-state index in [1.165, 1.54) is 27.7 Å². The molecule has 2 aromatic carbocycles. The highest BCUT2D eigenvalue weighted by Gasteiger charge is 2.29. The van der Waals surface area contributed by atoms with E-state index in [1.807, 2.05) is 0 Å².